The standard InChI is InChI=1S/C20H25NO5/c1-12(2)15-8-16-14(10-26-17(16)6-13(15)3)7-18(22)21-20(9-19(23)24)4-5-25-11-20/h6,8,10,12H,4-5,7,9,11H2,1-3H3,(H,21,22)(H,23,24). The van der Waals surface area contributed by atoms with E-state index in [4.69, 9.17) is 14.3 Å². The molecule has 1 unspecified atom stereocenters. The minimum Gasteiger partial charge on any atom is -0.481 e. The van der Waals surface area contributed by atoms with Gasteiger partial charge in [0.05, 0.1) is 31.3 Å². The average Bonchev–Trinajstić information content (AvgIpc) is 3.13. The van der Waals surface area contributed by atoms with Gasteiger partial charge in [0.2, 0.25) is 5.91 Å². The van der Waals surface area contributed by atoms with Crippen molar-refractivity contribution in [2.45, 2.75) is 51.5 Å². The Labute approximate surface area is 152 Å². The summed E-state index contributed by atoms with van der Waals surface area (Å²) in [6, 6.07) is 4.09. The fourth-order valence-corrected chi connectivity index (χ4v) is 3.70. The maximum Gasteiger partial charge on any atom is 0.305 e. The predicted octanol–water partition coefficient (Wildman–Crippen LogP) is 3.16. The van der Waals surface area contributed by atoms with Crippen LogP contribution in [0, 0.1) is 6.92 Å². The molecule has 0 saturated carbocycles. The number of ether oxygens (including phenoxy) is 1. The highest BCUT2D eigenvalue weighted by Crippen LogP contribution is 2.29. The van der Waals surface area contributed by atoms with Gasteiger partial charge in [-0.1, -0.05) is 13.8 Å². The second-order valence-corrected chi connectivity index (χ2v) is 7.50. The summed E-state index contributed by atoms with van der Waals surface area (Å²) in [4.78, 5) is 23.7. The number of carbonyl (C=O) groups excluding carboxylic acids is 1. The Morgan fingerprint density at radius 2 is 2.12 bits per heavy atom. The second kappa shape index (κ2) is 7.11. The molecule has 2 heterocycles. The normalized spacial score (nSPS) is 20.0. The average molecular weight is 359 g/mol. The van der Waals surface area contributed by atoms with Crippen molar-refractivity contribution < 1.29 is 23.8 Å². The molecule has 1 saturated heterocycles. The maximum absolute atomic E-state index is 12.6. The molecule has 1 aliphatic rings. The number of carbonyl (C=O) groups is 2. The van der Waals surface area contributed by atoms with E-state index in [0.717, 1.165) is 16.5 Å². The van der Waals surface area contributed by atoms with Gasteiger partial charge in [0.15, 0.2) is 0 Å². The molecule has 0 bridgehead atoms. The smallest absolute Gasteiger partial charge is 0.305 e. The largest absolute Gasteiger partial charge is 0.481 e. The number of carboxylic acids is 1. The number of hydrogen-bond acceptors (Lipinski definition) is 4. The van der Waals surface area contributed by atoms with Gasteiger partial charge in [0, 0.05) is 17.6 Å². The highest BCUT2D eigenvalue weighted by Gasteiger charge is 2.38. The maximum atomic E-state index is 12.6. The lowest BCUT2D eigenvalue weighted by molar-refractivity contribution is -0.139. The van der Waals surface area contributed by atoms with Crippen LogP contribution in [0.25, 0.3) is 11.0 Å². The van der Waals surface area contributed by atoms with Crippen LogP contribution in [0.2, 0.25) is 0 Å². The number of carboxylic acid groups (broad SMARTS) is 1. The molecule has 26 heavy (non-hydrogen) atoms. The first-order valence-electron chi connectivity index (χ1n) is 8.91. The number of aliphatic carboxylic acids is 1. The molecule has 6 heteroatoms. The molecular formula is C20H25NO5. The van der Waals surface area contributed by atoms with E-state index in [1.165, 1.54) is 11.1 Å². The number of furan rings is 1. The highest BCUT2D eigenvalue weighted by atomic mass is 16.5. The first-order valence-corrected chi connectivity index (χ1v) is 8.91. The van der Waals surface area contributed by atoms with Crippen LogP contribution in [0.5, 0.6) is 0 Å². The van der Waals surface area contributed by atoms with Gasteiger partial charge < -0.3 is 19.6 Å². The minimum absolute atomic E-state index is 0.137. The lowest BCUT2D eigenvalue weighted by Crippen LogP contribution is -2.51. The molecule has 1 aromatic carbocycles. The molecule has 2 N–H and O–H groups in total. The van der Waals surface area contributed by atoms with Crippen molar-refractivity contribution in [2.24, 2.45) is 0 Å². The minimum atomic E-state index is -0.943. The van der Waals surface area contributed by atoms with Gasteiger partial charge in [0.1, 0.15) is 5.58 Å². The van der Waals surface area contributed by atoms with Gasteiger partial charge in [-0.25, -0.2) is 0 Å². The van der Waals surface area contributed by atoms with Gasteiger partial charge in [0.25, 0.3) is 0 Å². The molecule has 1 amide bonds. The SMILES string of the molecule is Cc1cc2occ(CC(=O)NC3(CC(=O)O)CCOC3)c2cc1C(C)C. The van der Waals surface area contributed by atoms with E-state index >= 15 is 0 Å². The fourth-order valence-electron chi connectivity index (χ4n) is 3.70. The van der Waals surface area contributed by atoms with Crippen molar-refractivity contribution >= 4 is 22.8 Å². The molecule has 2 aromatic rings. The third kappa shape index (κ3) is 3.75. The highest BCUT2D eigenvalue weighted by molar-refractivity contribution is 5.89. The first kappa shape index (κ1) is 18.5. The summed E-state index contributed by atoms with van der Waals surface area (Å²) in [5.74, 6) is -0.779. The molecule has 0 radical (unpaired) electrons. The zero-order valence-corrected chi connectivity index (χ0v) is 15.4. The van der Waals surface area contributed by atoms with E-state index in [0.29, 0.717) is 18.9 Å². The number of hydrogen-bond donors (Lipinski definition) is 2. The van der Waals surface area contributed by atoms with Crippen LogP contribution in [-0.2, 0) is 20.7 Å². The Hall–Kier alpha value is -2.34. The quantitative estimate of drug-likeness (QED) is 0.827. The lowest BCUT2D eigenvalue weighted by atomic mass is 9.93. The molecule has 1 fully saturated rings. The Balaban J connectivity index is 1.81. The predicted molar refractivity (Wildman–Crippen MR) is 97.3 cm³/mol. The molecule has 1 atom stereocenters. The van der Waals surface area contributed by atoms with Gasteiger partial charge in [-0.15, -0.1) is 0 Å². The van der Waals surface area contributed by atoms with E-state index < -0.39 is 11.5 Å². The van der Waals surface area contributed by atoms with Crippen LogP contribution in [0.3, 0.4) is 0 Å². The van der Waals surface area contributed by atoms with Gasteiger partial charge in [-0.05, 0) is 42.5 Å². The van der Waals surface area contributed by atoms with Crippen LogP contribution < -0.4 is 5.32 Å². The number of benzene rings is 1. The zero-order valence-electron chi connectivity index (χ0n) is 15.4. The van der Waals surface area contributed by atoms with Gasteiger partial charge in [-0.3, -0.25) is 9.59 Å². The molecule has 0 aliphatic carbocycles. The number of aryl methyl sites for hydroxylation is 1. The number of nitrogens with one attached hydrogen (secondary N) is 1. The Bertz CT molecular complexity index is 830. The van der Waals surface area contributed by atoms with Crippen LogP contribution in [0.15, 0.2) is 22.8 Å². The van der Waals surface area contributed by atoms with Gasteiger partial charge >= 0.3 is 5.97 Å². The summed E-state index contributed by atoms with van der Waals surface area (Å²) in [6.07, 6.45) is 2.13. The topological polar surface area (TPSA) is 88.8 Å². The van der Waals surface area contributed by atoms with Crippen molar-refractivity contribution in [2.75, 3.05) is 13.2 Å². The molecular weight excluding hydrogens is 334 g/mol. The summed E-state index contributed by atoms with van der Waals surface area (Å²) >= 11 is 0. The third-order valence-corrected chi connectivity index (χ3v) is 5.01. The molecule has 0 spiro atoms. The summed E-state index contributed by atoms with van der Waals surface area (Å²) in [5.41, 5.74) is 3.15. The number of amides is 1. The van der Waals surface area contributed by atoms with Crippen molar-refractivity contribution in [1.29, 1.82) is 0 Å². The number of rotatable bonds is 6. The summed E-state index contributed by atoms with van der Waals surface area (Å²) < 4.78 is 11.0. The molecule has 6 nitrogen and oxygen atoms in total. The summed E-state index contributed by atoms with van der Waals surface area (Å²) in [5, 5.41) is 13.0. The molecule has 140 valence electrons. The Kier molecular flexibility index (Phi) is 5.05. The zero-order chi connectivity index (χ0) is 18.9. The van der Waals surface area contributed by atoms with E-state index in [1.807, 2.05) is 6.07 Å². The summed E-state index contributed by atoms with van der Waals surface area (Å²) in [6.45, 7) is 7.01. The van der Waals surface area contributed by atoms with Crippen molar-refractivity contribution in [1.82, 2.24) is 5.32 Å². The lowest BCUT2D eigenvalue weighted by Gasteiger charge is -2.26. The van der Waals surface area contributed by atoms with Crippen molar-refractivity contribution in [3.8, 4) is 0 Å². The van der Waals surface area contributed by atoms with Crippen LogP contribution in [-0.4, -0.2) is 35.7 Å². The van der Waals surface area contributed by atoms with Crippen LogP contribution in [0.4, 0.5) is 0 Å². The first-order chi connectivity index (χ1) is 12.3. The molecule has 1 aliphatic heterocycles. The number of fused-ring (bicyclic) bond motifs is 1. The van der Waals surface area contributed by atoms with E-state index in [-0.39, 0.29) is 25.4 Å². The van der Waals surface area contributed by atoms with Crippen LogP contribution in [0.1, 0.15) is 49.3 Å². The monoisotopic (exact) mass is 359 g/mol. The molecule has 3 rings (SSSR count). The third-order valence-electron chi connectivity index (χ3n) is 5.01. The molecule has 1 aromatic heterocycles. The van der Waals surface area contributed by atoms with E-state index in [9.17, 15) is 9.59 Å². The van der Waals surface area contributed by atoms with E-state index in [1.54, 1.807) is 6.26 Å². The second-order valence-electron chi connectivity index (χ2n) is 7.50. The Morgan fingerprint density at radius 3 is 2.73 bits per heavy atom. The van der Waals surface area contributed by atoms with Crippen LogP contribution >= 0.6 is 0 Å². The van der Waals surface area contributed by atoms with Crippen molar-refractivity contribution in [3.05, 3.63) is 35.1 Å². The fraction of sp³-hybridized carbons (Fsp3) is 0.500. The van der Waals surface area contributed by atoms with Crippen molar-refractivity contribution in [3.63, 3.8) is 0 Å². The summed E-state index contributed by atoms with van der Waals surface area (Å²) in [7, 11) is 0. The van der Waals surface area contributed by atoms with E-state index in [2.05, 4.69) is 32.2 Å². The van der Waals surface area contributed by atoms with Gasteiger partial charge in [-0.2, -0.15) is 0 Å². The Morgan fingerprint density at radius 1 is 1.35 bits per heavy atom.